The molecule has 0 aliphatic heterocycles. The number of rotatable bonds is 9. The minimum absolute atomic E-state index is 0.0134. The molecule has 0 heterocycles. The summed E-state index contributed by atoms with van der Waals surface area (Å²) in [5.41, 5.74) is 0.920. The van der Waals surface area contributed by atoms with Gasteiger partial charge in [-0.3, -0.25) is 14.9 Å². The third kappa shape index (κ3) is 6.08. The molecule has 1 unspecified atom stereocenters. The molecule has 2 atom stereocenters. The number of halogens is 2. The SMILES string of the molecule is COc1ccc(C(N[C@H](C)c2cc(F)cc(F)c2)c2cccc(Nc3c(OC(C)(C)C)c(=O)c3=O)c2)cc1. The largest absolute Gasteiger partial charge is 0.497 e. The van der Waals surface area contributed by atoms with Crippen molar-refractivity contribution in [1.29, 1.82) is 0 Å². The van der Waals surface area contributed by atoms with Gasteiger partial charge in [-0.25, -0.2) is 8.78 Å². The van der Waals surface area contributed by atoms with E-state index >= 15 is 0 Å². The van der Waals surface area contributed by atoms with Gasteiger partial charge in [0, 0.05) is 17.8 Å². The second kappa shape index (κ2) is 10.8. The molecule has 198 valence electrons. The Morgan fingerprint density at radius 3 is 2.08 bits per heavy atom. The Morgan fingerprint density at radius 1 is 0.816 bits per heavy atom. The molecular formula is C30H30F2N2O4. The first-order valence-electron chi connectivity index (χ1n) is 12.2. The molecule has 2 N–H and O–H groups in total. The third-order valence-corrected chi connectivity index (χ3v) is 6.01. The summed E-state index contributed by atoms with van der Waals surface area (Å²) in [5.74, 6) is -0.599. The lowest BCUT2D eigenvalue weighted by Crippen LogP contribution is -2.39. The van der Waals surface area contributed by atoms with Crippen LogP contribution in [0.15, 0.2) is 76.3 Å². The molecule has 4 rings (SSSR count). The lowest BCUT2D eigenvalue weighted by molar-refractivity contribution is 0.128. The average molecular weight is 521 g/mol. The summed E-state index contributed by atoms with van der Waals surface area (Å²) in [4.78, 5) is 24.4. The molecule has 0 saturated carbocycles. The molecule has 0 saturated heterocycles. The van der Waals surface area contributed by atoms with Gasteiger partial charge >= 0.3 is 0 Å². The van der Waals surface area contributed by atoms with Crippen molar-refractivity contribution in [2.24, 2.45) is 0 Å². The molecular weight excluding hydrogens is 490 g/mol. The van der Waals surface area contributed by atoms with Crippen molar-refractivity contribution in [3.05, 3.63) is 116 Å². The molecule has 4 aromatic carbocycles. The topological polar surface area (TPSA) is 76.7 Å². The van der Waals surface area contributed by atoms with Crippen molar-refractivity contribution in [2.75, 3.05) is 12.4 Å². The van der Waals surface area contributed by atoms with Gasteiger partial charge in [0.05, 0.1) is 13.2 Å². The molecule has 0 radical (unpaired) electrons. The van der Waals surface area contributed by atoms with Crippen LogP contribution in [0.3, 0.4) is 0 Å². The number of methoxy groups -OCH3 is 1. The Labute approximate surface area is 219 Å². The van der Waals surface area contributed by atoms with Crippen LogP contribution in [0.5, 0.6) is 11.5 Å². The fraction of sp³-hybridized carbons (Fsp3) is 0.267. The van der Waals surface area contributed by atoms with Crippen LogP contribution in [0.4, 0.5) is 20.2 Å². The van der Waals surface area contributed by atoms with Crippen molar-refractivity contribution < 1.29 is 18.3 Å². The summed E-state index contributed by atoms with van der Waals surface area (Å²) >= 11 is 0. The maximum absolute atomic E-state index is 13.9. The van der Waals surface area contributed by atoms with Crippen LogP contribution in [-0.2, 0) is 0 Å². The number of hydrogen-bond donors (Lipinski definition) is 2. The highest BCUT2D eigenvalue weighted by Gasteiger charge is 2.27. The molecule has 0 spiro atoms. The van der Waals surface area contributed by atoms with Gasteiger partial charge in [0.1, 0.15) is 28.7 Å². The molecule has 8 heteroatoms. The van der Waals surface area contributed by atoms with Gasteiger partial charge in [-0.1, -0.05) is 24.3 Å². The van der Waals surface area contributed by atoms with Crippen LogP contribution in [0.1, 0.15) is 56.5 Å². The predicted molar refractivity (Wildman–Crippen MR) is 144 cm³/mol. The summed E-state index contributed by atoms with van der Waals surface area (Å²) in [6.07, 6.45) is 0. The maximum atomic E-state index is 13.9. The molecule has 0 fully saturated rings. The average Bonchev–Trinajstić information content (AvgIpc) is 2.88. The highest BCUT2D eigenvalue weighted by atomic mass is 19.1. The minimum atomic E-state index is -0.660. The lowest BCUT2D eigenvalue weighted by atomic mass is 9.96. The van der Waals surface area contributed by atoms with E-state index in [0.29, 0.717) is 17.0 Å². The zero-order chi connectivity index (χ0) is 27.6. The van der Waals surface area contributed by atoms with E-state index in [-0.39, 0.29) is 17.5 Å². The van der Waals surface area contributed by atoms with Crippen molar-refractivity contribution in [2.45, 2.75) is 45.4 Å². The van der Waals surface area contributed by atoms with Gasteiger partial charge in [0.25, 0.3) is 10.9 Å². The smallest absolute Gasteiger partial charge is 0.272 e. The second-order valence-corrected chi connectivity index (χ2v) is 10.1. The van der Waals surface area contributed by atoms with Gasteiger partial charge in [0.2, 0.25) is 0 Å². The highest BCUT2D eigenvalue weighted by Crippen LogP contribution is 2.31. The molecule has 0 aromatic heterocycles. The van der Waals surface area contributed by atoms with Crippen molar-refractivity contribution in [1.82, 2.24) is 5.32 Å². The van der Waals surface area contributed by atoms with Gasteiger partial charge < -0.3 is 14.8 Å². The van der Waals surface area contributed by atoms with Crippen LogP contribution in [0, 0.1) is 11.6 Å². The fourth-order valence-electron chi connectivity index (χ4n) is 4.18. The second-order valence-electron chi connectivity index (χ2n) is 10.1. The lowest BCUT2D eigenvalue weighted by Gasteiger charge is -2.26. The van der Waals surface area contributed by atoms with E-state index in [4.69, 9.17) is 9.47 Å². The predicted octanol–water partition coefficient (Wildman–Crippen LogP) is 5.93. The normalized spacial score (nSPS) is 13.2. The van der Waals surface area contributed by atoms with Gasteiger partial charge in [-0.2, -0.15) is 0 Å². The molecule has 0 aliphatic carbocycles. The Bertz CT molecular complexity index is 1480. The van der Waals surface area contributed by atoms with Crippen molar-refractivity contribution in [3.63, 3.8) is 0 Å². The number of benzene rings is 3. The molecule has 6 nitrogen and oxygen atoms in total. The first-order valence-corrected chi connectivity index (χ1v) is 12.2. The number of hydrogen-bond acceptors (Lipinski definition) is 6. The quantitative estimate of drug-likeness (QED) is 0.267. The van der Waals surface area contributed by atoms with Crippen molar-refractivity contribution in [3.8, 4) is 11.5 Å². The summed E-state index contributed by atoms with van der Waals surface area (Å²) in [7, 11) is 1.58. The van der Waals surface area contributed by atoms with E-state index in [2.05, 4.69) is 10.6 Å². The zero-order valence-corrected chi connectivity index (χ0v) is 21.9. The van der Waals surface area contributed by atoms with Crippen molar-refractivity contribution >= 4 is 11.4 Å². The molecule has 0 bridgehead atoms. The molecule has 38 heavy (non-hydrogen) atoms. The Hall–Kier alpha value is -4.04. The minimum Gasteiger partial charge on any atom is -0.497 e. The highest BCUT2D eigenvalue weighted by molar-refractivity contribution is 5.70. The van der Waals surface area contributed by atoms with Gasteiger partial charge in [-0.15, -0.1) is 0 Å². The summed E-state index contributed by atoms with van der Waals surface area (Å²) in [6, 6.07) is 17.4. The van der Waals surface area contributed by atoms with Crippen LogP contribution in [0.25, 0.3) is 0 Å². The van der Waals surface area contributed by atoms with E-state index in [0.717, 1.165) is 17.2 Å². The van der Waals surface area contributed by atoms with E-state index in [1.54, 1.807) is 33.9 Å². The Morgan fingerprint density at radius 2 is 1.47 bits per heavy atom. The van der Waals surface area contributed by atoms with E-state index in [9.17, 15) is 18.4 Å². The summed E-state index contributed by atoms with van der Waals surface area (Å²) in [6.45, 7) is 7.22. The first-order chi connectivity index (χ1) is 17.9. The zero-order valence-electron chi connectivity index (χ0n) is 21.9. The molecule has 0 aliphatic rings. The van der Waals surface area contributed by atoms with Crippen LogP contribution >= 0.6 is 0 Å². The van der Waals surface area contributed by atoms with E-state index in [1.165, 1.54) is 12.1 Å². The van der Waals surface area contributed by atoms with Gasteiger partial charge in [0.15, 0.2) is 5.75 Å². The van der Waals surface area contributed by atoms with E-state index in [1.807, 2.05) is 49.4 Å². The Balaban J connectivity index is 1.68. The Kier molecular flexibility index (Phi) is 7.64. The third-order valence-electron chi connectivity index (χ3n) is 6.01. The van der Waals surface area contributed by atoms with Gasteiger partial charge in [-0.05, 0) is 80.8 Å². The maximum Gasteiger partial charge on any atom is 0.272 e. The fourth-order valence-corrected chi connectivity index (χ4v) is 4.18. The van der Waals surface area contributed by atoms with Crippen LogP contribution in [0.2, 0.25) is 0 Å². The first kappa shape index (κ1) is 27.0. The number of ether oxygens (including phenoxy) is 2. The van der Waals surface area contributed by atoms with Crippen LogP contribution in [-0.4, -0.2) is 12.7 Å². The summed E-state index contributed by atoms with van der Waals surface area (Å²) in [5, 5.41) is 6.50. The molecule has 4 aromatic rings. The standard InChI is InChI=1S/C30H30F2N2O4/c1-17(20-13-21(31)16-22(32)14-20)33-25(18-9-11-24(37-5)12-10-18)19-7-6-8-23(15-19)34-26-27(35)28(36)29(26)38-30(2,3)4/h6-17,25,33-34H,1-5H3/t17-,25?/m1/s1. The monoisotopic (exact) mass is 520 g/mol. The molecule has 0 amide bonds. The number of anilines is 2. The number of nitrogens with one attached hydrogen (secondary N) is 2. The van der Waals surface area contributed by atoms with Crippen LogP contribution < -0.4 is 31.0 Å². The summed E-state index contributed by atoms with van der Waals surface area (Å²) < 4.78 is 38.8. The van der Waals surface area contributed by atoms with E-state index < -0.39 is 34.1 Å².